The van der Waals surface area contributed by atoms with Crippen LogP contribution in [0.5, 0.6) is 5.75 Å². The summed E-state index contributed by atoms with van der Waals surface area (Å²) in [4.78, 5) is 14.2. The largest absolute Gasteiger partial charge is 0.489 e. The number of halogens is 1. The van der Waals surface area contributed by atoms with E-state index in [-0.39, 0.29) is 17.9 Å². The van der Waals surface area contributed by atoms with Gasteiger partial charge in [0.1, 0.15) is 5.75 Å². The van der Waals surface area contributed by atoms with E-state index < -0.39 is 0 Å². The highest BCUT2D eigenvalue weighted by Gasteiger charge is 2.26. The molecule has 3 nitrogen and oxygen atoms in total. The molecule has 1 aromatic rings. The van der Waals surface area contributed by atoms with Crippen LogP contribution in [-0.2, 0) is 4.79 Å². The molecule has 1 aromatic carbocycles. The lowest BCUT2D eigenvalue weighted by Crippen LogP contribution is -2.32. The Bertz CT molecular complexity index is 563. The number of amides is 1. The number of hydrogen-bond donors (Lipinski definition) is 0. The molecular formula is C16H18INO2. The number of nitrogens with zero attached hydrogens (tertiary/aromatic N) is 1. The van der Waals surface area contributed by atoms with E-state index in [0.29, 0.717) is 0 Å². The van der Waals surface area contributed by atoms with Crippen molar-refractivity contribution in [2.45, 2.75) is 20.0 Å². The zero-order chi connectivity index (χ0) is 14.7. The molecule has 0 saturated carbocycles. The maximum atomic E-state index is 12.6. The van der Waals surface area contributed by atoms with Crippen molar-refractivity contribution in [3.63, 3.8) is 0 Å². The number of anilines is 1. The SMILES string of the molecule is CC(C)Oc1ccccc1N(C)C(=O)C1C=CC=C1I. The van der Waals surface area contributed by atoms with E-state index in [2.05, 4.69) is 22.6 Å². The Morgan fingerprint density at radius 3 is 2.65 bits per heavy atom. The van der Waals surface area contributed by atoms with Gasteiger partial charge in [-0.3, -0.25) is 4.79 Å². The van der Waals surface area contributed by atoms with Gasteiger partial charge in [-0.1, -0.05) is 30.4 Å². The Kier molecular flexibility index (Phi) is 4.86. The highest BCUT2D eigenvalue weighted by Crippen LogP contribution is 2.32. The van der Waals surface area contributed by atoms with Gasteiger partial charge < -0.3 is 9.64 Å². The first-order valence-electron chi connectivity index (χ1n) is 6.58. The van der Waals surface area contributed by atoms with Crippen molar-refractivity contribution < 1.29 is 9.53 Å². The summed E-state index contributed by atoms with van der Waals surface area (Å²) in [5.41, 5.74) is 0.802. The van der Waals surface area contributed by atoms with Crippen LogP contribution in [0.25, 0.3) is 0 Å². The zero-order valence-corrected chi connectivity index (χ0v) is 14.0. The van der Waals surface area contributed by atoms with Crippen LogP contribution in [0.3, 0.4) is 0 Å². The first-order chi connectivity index (χ1) is 9.50. The summed E-state index contributed by atoms with van der Waals surface area (Å²) in [6, 6.07) is 7.63. The first kappa shape index (κ1) is 15.1. The molecule has 1 atom stereocenters. The molecule has 0 saturated heterocycles. The van der Waals surface area contributed by atoms with Gasteiger partial charge >= 0.3 is 0 Å². The molecule has 2 rings (SSSR count). The molecule has 0 bridgehead atoms. The van der Waals surface area contributed by atoms with E-state index in [4.69, 9.17) is 4.74 Å². The highest BCUT2D eigenvalue weighted by molar-refractivity contribution is 14.1. The van der Waals surface area contributed by atoms with Crippen LogP contribution in [0.4, 0.5) is 5.69 Å². The van der Waals surface area contributed by atoms with E-state index in [1.165, 1.54) is 0 Å². The molecule has 0 spiro atoms. The van der Waals surface area contributed by atoms with E-state index in [0.717, 1.165) is 15.0 Å². The van der Waals surface area contributed by atoms with Crippen molar-refractivity contribution in [1.29, 1.82) is 0 Å². The fourth-order valence-corrected chi connectivity index (χ4v) is 2.75. The van der Waals surface area contributed by atoms with Crippen molar-refractivity contribution in [2.24, 2.45) is 5.92 Å². The molecule has 0 heterocycles. The molecule has 4 heteroatoms. The van der Waals surface area contributed by atoms with Gasteiger partial charge in [-0.05, 0) is 48.6 Å². The van der Waals surface area contributed by atoms with E-state index in [1.807, 2.05) is 56.3 Å². The molecular weight excluding hydrogens is 365 g/mol. The van der Waals surface area contributed by atoms with Gasteiger partial charge in [0.2, 0.25) is 5.91 Å². The third kappa shape index (κ3) is 3.23. The molecule has 0 N–H and O–H groups in total. The van der Waals surface area contributed by atoms with Crippen LogP contribution in [0.2, 0.25) is 0 Å². The number of carbonyl (C=O) groups is 1. The minimum atomic E-state index is -0.173. The van der Waals surface area contributed by atoms with Gasteiger partial charge in [-0.2, -0.15) is 0 Å². The van der Waals surface area contributed by atoms with Crippen LogP contribution < -0.4 is 9.64 Å². The maximum absolute atomic E-state index is 12.6. The lowest BCUT2D eigenvalue weighted by molar-refractivity contribution is -0.119. The predicted molar refractivity (Wildman–Crippen MR) is 90.3 cm³/mol. The minimum absolute atomic E-state index is 0.0548. The predicted octanol–water partition coefficient (Wildman–Crippen LogP) is 3.94. The van der Waals surface area contributed by atoms with Crippen molar-refractivity contribution in [3.05, 3.63) is 46.1 Å². The number of allylic oxidation sites excluding steroid dienone is 2. The standard InChI is InChI=1S/C16H18INO2/c1-11(2)20-15-10-5-4-9-14(15)18(3)16(19)12-7-6-8-13(12)17/h4-12H,1-3H3. The number of ether oxygens (including phenoxy) is 1. The molecule has 20 heavy (non-hydrogen) atoms. The van der Waals surface area contributed by atoms with Crippen LogP contribution in [0, 0.1) is 5.92 Å². The van der Waals surface area contributed by atoms with Crippen LogP contribution >= 0.6 is 22.6 Å². The average Bonchev–Trinajstić information content (AvgIpc) is 2.83. The highest BCUT2D eigenvalue weighted by atomic mass is 127. The molecule has 1 amide bonds. The normalized spacial score (nSPS) is 17.2. The summed E-state index contributed by atoms with van der Waals surface area (Å²) in [6.45, 7) is 3.95. The van der Waals surface area contributed by atoms with Crippen molar-refractivity contribution >= 4 is 34.2 Å². The second-order valence-corrected chi connectivity index (χ2v) is 6.19. The van der Waals surface area contributed by atoms with Crippen molar-refractivity contribution in [2.75, 3.05) is 11.9 Å². The number of para-hydroxylation sites is 2. The van der Waals surface area contributed by atoms with Gasteiger partial charge in [0.15, 0.2) is 0 Å². The summed E-state index contributed by atoms with van der Waals surface area (Å²) in [5, 5.41) is 0. The third-order valence-corrected chi connectivity index (χ3v) is 4.07. The summed E-state index contributed by atoms with van der Waals surface area (Å²) in [7, 11) is 1.79. The molecule has 1 unspecified atom stereocenters. The summed E-state index contributed by atoms with van der Waals surface area (Å²) in [6.07, 6.45) is 5.89. The number of hydrogen-bond acceptors (Lipinski definition) is 2. The van der Waals surface area contributed by atoms with E-state index in [1.54, 1.807) is 11.9 Å². The molecule has 0 radical (unpaired) electrons. The number of rotatable bonds is 4. The summed E-state index contributed by atoms with van der Waals surface area (Å²) in [5.74, 6) is 0.617. The maximum Gasteiger partial charge on any atom is 0.238 e. The molecule has 106 valence electrons. The van der Waals surface area contributed by atoms with Crippen LogP contribution in [-0.4, -0.2) is 19.1 Å². The van der Waals surface area contributed by atoms with Gasteiger partial charge in [-0.15, -0.1) is 0 Å². The second-order valence-electron chi connectivity index (χ2n) is 4.95. The minimum Gasteiger partial charge on any atom is -0.489 e. The van der Waals surface area contributed by atoms with Gasteiger partial charge in [-0.25, -0.2) is 0 Å². The van der Waals surface area contributed by atoms with Crippen molar-refractivity contribution in [3.8, 4) is 5.75 Å². The first-order valence-corrected chi connectivity index (χ1v) is 7.65. The Morgan fingerprint density at radius 2 is 2.05 bits per heavy atom. The van der Waals surface area contributed by atoms with Crippen LogP contribution in [0.15, 0.2) is 46.1 Å². The fourth-order valence-electron chi connectivity index (χ4n) is 2.07. The summed E-state index contributed by atoms with van der Waals surface area (Å²) >= 11 is 2.21. The smallest absolute Gasteiger partial charge is 0.238 e. The van der Waals surface area contributed by atoms with Crippen LogP contribution in [0.1, 0.15) is 13.8 Å². The Labute approximate surface area is 133 Å². The number of carbonyl (C=O) groups excluding carboxylic acids is 1. The lowest BCUT2D eigenvalue weighted by atomic mass is 10.1. The Balaban J connectivity index is 2.25. The quantitative estimate of drug-likeness (QED) is 0.738. The molecule has 1 aliphatic carbocycles. The average molecular weight is 383 g/mol. The topological polar surface area (TPSA) is 29.5 Å². The summed E-state index contributed by atoms with van der Waals surface area (Å²) < 4.78 is 6.82. The molecule has 1 aliphatic rings. The van der Waals surface area contributed by atoms with E-state index >= 15 is 0 Å². The van der Waals surface area contributed by atoms with Gasteiger partial charge in [0.05, 0.1) is 17.7 Å². The van der Waals surface area contributed by atoms with Gasteiger partial charge in [0.25, 0.3) is 0 Å². The van der Waals surface area contributed by atoms with Crippen molar-refractivity contribution in [1.82, 2.24) is 0 Å². The Morgan fingerprint density at radius 1 is 1.35 bits per heavy atom. The van der Waals surface area contributed by atoms with E-state index in [9.17, 15) is 4.79 Å². The second kappa shape index (κ2) is 6.43. The number of benzene rings is 1. The lowest BCUT2D eigenvalue weighted by Gasteiger charge is -2.24. The molecule has 0 aromatic heterocycles. The zero-order valence-electron chi connectivity index (χ0n) is 11.8. The monoisotopic (exact) mass is 383 g/mol. The molecule has 0 aliphatic heterocycles. The third-order valence-electron chi connectivity index (χ3n) is 3.04. The Hall–Kier alpha value is -1.30. The van der Waals surface area contributed by atoms with Gasteiger partial charge in [0, 0.05) is 10.6 Å². The molecule has 0 fully saturated rings. The fraction of sp³-hybridized carbons (Fsp3) is 0.312.